The lowest BCUT2D eigenvalue weighted by Gasteiger charge is -2.06. The SMILES string of the molecule is COc1ccc(C(=O)CCc2cccs2)cc1C. The highest BCUT2D eigenvalue weighted by Crippen LogP contribution is 2.20. The van der Waals surface area contributed by atoms with Crippen LogP contribution in [0.15, 0.2) is 35.7 Å². The molecular formula is C15H16O2S. The molecule has 0 aliphatic rings. The molecule has 1 aromatic heterocycles. The first-order valence-electron chi connectivity index (χ1n) is 5.91. The third-order valence-electron chi connectivity index (χ3n) is 2.90. The van der Waals surface area contributed by atoms with Crippen molar-refractivity contribution >= 4 is 17.1 Å². The first-order chi connectivity index (χ1) is 8.70. The third kappa shape index (κ3) is 2.99. The number of benzene rings is 1. The van der Waals surface area contributed by atoms with Crippen LogP contribution in [0.5, 0.6) is 5.75 Å². The highest BCUT2D eigenvalue weighted by Gasteiger charge is 2.08. The molecule has 2 rings (SSSR count). The van der Waals surface area contributed by atoms with Crippen molar-refractivity contribution in [2.24, 2.45) is 0 Å². The van der Waals surface area contributed by atoms with Crippen molar-refractivity contribution in [3.8, 4) is 5.75 Å². The number of methoxy groups -OCH3 is 1. The minimum atomic E-state index is 0.189. The van der Waals surface area contributed by atoms with E-state index in [4.69, 9.17) is 4.74 Å². The van der Waals surface area contributed by atoms with Crippen LogP contribution in [0.4, 0.5) is 0 Å². The molecule has 0 bridgehead atoms. The number of Topliss-reactive ketones (excluding diaryl/α,β-unsaturated/α-hetero) is 1. The van der Waals surface area contributed by atoms with Crippen LogP contribution in [0.2, 0.25) is 0 Å². The molecule has 0 saturated carbocycles. The van der Waals surface area contributed by atoms with E-state index in [2.05, 4.69) is 6.07 Å². The van der Waals surface area contributed by atoms with Gasteiger partial charge in [0.2, 0.25) is 0 Å². The number of rotatable bonds is 5. The summed E-state index contributed by atoms with van der Waals surface area (Å²) in [5, 5.41) is 2.04. The molecule has 0 unspecified atom stereocenters. The Kier molecular flexibility index (Phi) is 4.15. The van der Waals surface area contributed by atoms with E-state index in [9.17, 15) is 4.79 Å². The van der Waals surface area contributed by atoms with Crippen LogP contribution in [-0.4, -0.2) is 12.9 Å². The van der Waals surface area contributed by atoms with Crippen molar-refractivity contribution in [1.82, 2.24) is 0 Å². The van der Waals surface area contributed by atoms with Crippen molar-refractivity contribution in [3.05, 3.63) is 51.7 Å². The van der Waals surface area contributed by atoms with Crippen LogP contribution in [0.1, 0.15) is 27.2 Å². The van der Waals surface area contributed by atoms with Crippen LogP contribution in [0, 0.1) is 6.92 Å². The van der Waals surface area contributed by atoms with Crippen LogP contribution in [0.25, 0.3) is 0 Å². The fourth-order valence-corrected chi connectivity index (χ4v) is 2.60. The van der Waals surface area contributed by atoms with E-state index >= 15 is 0 Å². The summed E-state index contributed by atoms with van der Waals surface area (Å²) in [6, 6.07) is 9.67. The zero-order chi connectivity index (χ0) is 13.0. The Balaban J connectivity index is 2.02. The quantitative estimate of drug-likeness (QED) is 0.763. The minimum Gasteiger partial charge on any atom is -0.496 e. The molecule has 0 aliphatic heterocycles. The van der Waals surface area contributed by atoms with Gasteiger partial charge in [-0.2, -0.15) is 0 Å². The maximum atomic E-state index is 12.1. The maximum absolute atomic E-state index is 12.1. The molecule has 0 fully saturated rings. The van der Waals surface area contributed by atoms with Gasteiger partial charge in [0.1, 0.15) is 5.75 Å². The Morgan fingerprint density at radius 1 is 1.33 bits per heavy atom. The van der Waals surface area contributed by atoms with Crippen molar-refractivity contribution in [2.45, 2.75) is 19.8 Å². The van der Waals surface area contributed by atoms with E-state index in [0.29, 0.717) is 6.42 Å². The molecule has 0 N–H and O–H groups in total. The van der Waals surface area contributed by atoms with Crippen LogP contribution >= 0.6 is 11.3 Å². The highest BCUT2D eigenvalue weighted by molar-refractivity contribution is 7.09. The molecule has 2 aromatic rings. The summed E-state index contributed by atoms with van der Waals surface area (Å²) in [5.74, 6) is 1.01. The predicted molar refractivity (Wildman–Crippen MR) is 74.7 cm³/mol. The standard InChI is InChI=1S/C15H16O2S/c1-11-10-12(5-8-15(11)17-2)14(16)7-6-13-4-3-9-18-13/h3-5,8-10H,6-7H2,1-2H3. The molecule has 0 aliphatic carbocycles. The summed E-state index contributed by atoms with van der Waals surface area (Å²) in [4.78, 5) is 13.3. The first-order valence-corrected chi connectivity index (χ1v) is 6.79. The van der Waals surface area contributed by atoms with Gasteiger partial charge in [-0.15, -0.1) is 11.3 Å². The molecule has 94 valence electrons. The topological polar surface area (TPSA) is 26.3 Å². The number of aryl methyl sites for hydroxylation is 2. The van der Waals surface area contributed by atoms with Gasteiger partial charge in [-0.05, 0) is 48.6 Å². The first kappa shape index (κ1) is 12.8. The fourth-order valence-electron chi connectivity index (χ4n) is 1.89. The zero-order valence-electron chi connectivity index (χ0n) is 10.6. The monoisotopic (exact) mass is 260 g/mol. The molecule has 1 aromatic carbocycles. The van der Waals surface area contributed by atoms with E-state index < -0.39 is 0 Å². The van der Waals surface area contributed by atoms with Crippen molar-refractivity contribution in [2.75, 3.05) is 7.11 Å². The largest absolute Gasteiger partial charge is 0.496 e. The van der Waals surface area contributed by atoms with Gasteiger partial charge in [0, 0.05) is 16.9 Å². The van der Waals surface area contributed by atoms with Crippen molar-refractivity contribution in [3.63, 3.8) is 0 Å². The second kappa shape index (κ2) is 5.83. The van der Waals surface area contributed by atoms with Crippen LogP contribution in [-0.2, 0) is 6.42 Å². The maximum Gasteiger partial charge on any atom is 0.163 e. The van der Waals surface area contributed by atoms with Gasteiger partial charge < -0.3 is 4.74 Å². The molecule has 18 heavy (non-hydrogen) atoms. The van der Waals surface area contributed by atoms with Crippen LogP contribution < -0.4 is 4.74 Å². The molecule has 0 radical (unpaired) electrons. The summed E-state index contributed by atoms with van der Waals surface area (Å²) in [6.07, 6.45) is 1.38. The predicted octanol–water partition coefficient (Wildman–Crippen LogP) is 3.88. The molecule has 0 spiro atoms. The molecule has 3 heteroatoms. The zero-order valence-corrected chi connectivity index (χ0v) is 11.4. The number of hydrogen-bond acceptors (Lipinski definition) is 3. The molecular weight excluding hydrogens is 244 g/mol. The van der Waals surface area contributed by atoms with Crippen molar-refractivity contribution < 1.29 is 9.53 Å². The lowest BCUT2D eigenvalue weighted by atomic mass is 10.0. The van der Waals surface area contributed by atoms with Gasteiger partial charge in [0.15, 0.2) is 5.78 Å². The number of ether oxygens (including phenoxy) is 1. The normalized spacial score (nSPS) is 10.3. The Hall–Kier alpha value is -1.61. The molecule has 0 saturated heterocycles. The summed E-state index contributed by atoms with van der Waals surface area (Å²) >= 11 is 1.70. The smallest absolute Gasteiger partial charge is 0.163 e. The van der Waals surface area contributed by atoms with Gasteiger partial charge in [-0.3, -0.25) is 4.79 Å². The highest BCUT2D eigenvalue weighted by atomic mass is 32.1. The number of thiophene rings is 1. The Labute approximate surface area is 111 Å². The second-order valence-electron chi connectivity index (χ2n) is 4.19. The van der Waals surface area contributed by atoms with E-state index in [1.54, 1.807) is 18.4 Å². The molecule has 0 amide bonds. The Morgan fingerprint density at radius 2 is 2.17 bits per heavy atom. The second-order valence-corrected chi connectivity index (χ2v) is 5.22. The minimum absolute atomic E-state index is 0.189. The summed E-state index contributed by atoms with van der Waals surface area (Å²) in [5.41, 5.74) is 1.77. The van der Waals surface area contributed by atoms with Gasteiger partial charge in [0.05, 0.1) is 7.11 Å². The number of ketones is 1. The van der Waals surface area contributed by atoms with Crippen LogP contribution in [0.3, 0.4) is 0 Å². The molecule has 0 atom stereocenters. The third-order valence-corrected chi connectivity index (χ3v) is 3.83. The van der Waals surface area contributed by atoms with E-state index in [1.807, 2.05) is 36.6 Å². The fraction of sp³-hybridized carbons (Fsp3) is 0.267. The average Bonchev–Trinajstić information content (AvgIpc) is 2.89. The summed E-state index contributed by atoms with van der Waals surface area (Å²) in [7, 11) is 1.64. The van der Waals surface area contributed by atoms with E-state index in [1.165, 1.54) is 4.88 Å². The molecule has 2 nitrogen and oxygen atoms in total. The Morgan fingerprint density at radius 3 is 2.78 bits per heavy atom. The van der Waals surface area contributed by atoms with Gasteiger partial charge in [0.25, 0.3) is 0 Å². The van der Waals surface area contributed by atoms with E-state index in [-0.39, 0.29) is 5.78 Å². The lowest BCUT2D eigenvalue weighted by Crippen LogP contribution is -2.01. The van der Waals surface area contributed by atoms with E-state index in [0.717, 1.165) is 23.3 Å². The van der Waals surface area contributed by atoms with Gasteiger partial charge >= 0.3 is 0 Å². The molecule has 1 heterocycles. The summed E-state index contributed by atoms with van der Waals surface area (Å²) in [6.45, 7) is 1.95. The number of hydrogen-bond donors (Lipinski definition) is 0. The number of carbonyl (C=O) groups excluding carboxylic acids is 1. The Bertz CT molecular complexity index is 529. The van der Waals surface area contributed by atoms with Gasteiger partial charge in [-0.25, -0.2) is 0 Å². The van der Waals surface area contributed by atoms with Gasteiger partial charge in [-0.1, -0.05) is 6.07 Å². The average molecular weight is 260 g/mol. The lowest BCUT2D eigenvalue weighted by molar-refractivity contribution is 0.0983. The summed E-state index contributed by atoms with van der Waals surface area (Å²) < 4.78 is 5.19. The number of carbonyl (C=O) groups is 1. The van der Waals surface area contributed by atoms with Crippen molar-refractivity contribution in [1.29, 1.82) is 0 Å².